The average molecular weight is 465 g/mol. The number of carbonyl (C=O) groups excluding carboxylic acids is 4. The van der Waals surface area contributed by atoms with Crippen LogP contribution in [0, 0.1) is 5.41 Å². The normalized spacial score (nSPS) is 13.2. The predicted octanol–water partition coefficient (Wildman–Crippen LogP) is -0.267. The monoisotopic (exact) mass is 464 g/mol. The number of hydrogen-bond acceptors (Lipinski definition) is 9. The van der Waals surface area contributed by atoms with Crippen LogP contribution in [0.4, 0.5) is 0 Å². The largest absolute Gasteiger partial charge is 0.469 e. The number of nitrogens with one attached hydrogen (secondary N) is 2. The molecule has 10 nitrogen and oxygen atoms in total. The zero-order valence-corrected chi connectivity index (χ0v) is 19.3. The molecule has 2 amide bonds. The number of aliphatic hydroxyl groups excluding tert-OH is 3. The highest BCUT2D eigenvalue weighted by Crippen LogP contribution is 2.19. The lowest BCUT2D eigenvalue weighted by Gasteiger charge is -2.27. The van der Waals surface area contributed by atoms with E-state index in [-0.39, 0.29) is 56.0 Å². The van der Waals surface area contributed by atoms with E-state index in [1.54, 1.807) is 13.8 Å². The summed E-state index contributed by atoms with van der Waals surface area (Å²) in [5, 5.41) is 33.7. The van der Waals surface area contributed by atoms with Crippen LogP contribution < -0.4 is 10.6 Å². The second-order valence-corrected chi connectivity index (χ2v) is 8.99. The van der Waals surface area contributed by atoms with Crippen molar-refractivity contribution in [2.24, 2.45) is 5.41 Å². The highest BCUT2D eigenvalue weighted by atomic mass is 32.2. The van der Waals surface area contributed by atoms with Crippen LogP contribution >= 0.6 is 11.8 Å². The summed E-state index contributed by atoms with van der Waals surface area (Å²) in [6, 6.07) is 0. The lowest BCUT2D eigenvalue weighted by molar-refractivity contribution is -0.141. The molecule has 2 atom stereocenters. The summed E-state index contributed by atoms with van der Waals surface area (Å²) in [6.45, 7) is 3.04. The van der Waals surface area contributed by atoms with E-state index in [2.05, 4.69) is 15.4 Å². The first-order chi connectivity index (χ1) is 14.5. The van der Waals surface area contributed by atoms with Gasteiger partial charge < -0.3 is 30.7 Å². The molecule has 0 fully saturated rings. The predicted molar refractivity (Wildman–Crippen MR) is 116 cm³/mol. The topological polar surface area (TPSA) is 162 Å². The number of aliphatic hydroxyl groups is 3. The fourth-order valence-corrected chi connectivity index (χ4v) is 3.13. The van der Waals surface area contributed by atoms with E-state index in [9.17, 15) is 29.4 Å². The minimum absolute atomic E-state index is 0.00931. The average Bonchev–Trinajstić information content (AvgIpc) is 2.73. The van der Waals surface area contributed by atoms with Crippen LogP contribution in [-0.2, 0) is 23.9 Å². The molecule has 180 valence electrons. The number of esters is 1. The molecule has 31 heavy (non-hydrogen) atoms. The number of ether oxygens (including phenoxy) is 1. The molecule has 5 N–H and O–H groups in total. The number of hydrogen-bond donors (Lipinski definition) is 5. The second-order valence-electron chi connectivity index (χ2n) is 7.84. The summed E-state index contributed by atoms with van der Waals surface area (Å²) in [6.07, 6.45) is -0.193. The van der Waals surface area contributed by atoms with Gasteiger partial charge in [0, 0.05) is 43.5 Å². The van der Waals surface area contributed by atoms with Crippen molar-refractivity contribution in [2.45, 2.75) is 64.6 Å². The number of carbonyl (C=O) groups is 4. The van der Waals surface area contributed by atoms with Gasteiger partial charge in [-0.3, -0.25) is 19.2 Å². The highest BCUT2D eigenvalue weighted by Gasteiger charge is 2.32. The Hall–Kier alpha value is -1.69. The summed E-state index contributed by atoms with van der Waals surface area (Å²) in [7, 11) is 1.32. The van der Waals surface area contributed by atoms with E-state index in [0.717, 1.165) is 11.8 Å². The van der Waals surface area contributed by atoms with Gasteiger partial charge >= 0.3 is 5.97 Å². The smallest absolute Gasteiger partial charge is 0.305 e. The van der Waals surface area contributed by atoms with Crippen LogP contribution in [0.5, 0.6) is 0 Å². The number of amides is 2. The molecule has 0 saturated heterocycles. The molecule has 0 aliphatic carbocycles. The summed E-state index contributed by atoms with van der Waals surface area (Å²) in [5.41, 5.74) is -0.979. The number of rotatable bonds is 16. The van der Waals surface area contributed by atoms with Crippen molar-refractivity contribution in [1.82, 2.24) is 10.6 Å². The zero-order valence-electron chi connectivity index (χ0n) is 18.5. The maximum absolute atomic E-state index is 11.8. The lowest BCUT2D eigenvalue weighted by Crippen LogP contribution is -2.46. The Morgan fingerprint density at radius 1 is 1.03 bits per heavy atom. The van der Waals surface area contributed by atoms with Gasteiger partial charge in [-0.25, -0.2) is 0 Å². The van der Waals surface area contributed by atoms with Crippen molar-refractivity contribution in [3.05, 3.63) is 0 Å². The molecule has 0 aliphatic heterocycles. The first-order valence-corrected chi connectivity index (χ1v) is 11.3. The standard InChI is InChI=1S/C20H36N2O8S/c1-20(2,13-23)18(28)19(29)22-9-8-15(25)21-10-11-31-17(27)12-14(24)6-4-5-7-16(26)30-3/h14,18,23-24,28H,4-13H2,1-3H3,(H,21,25)(H,22,29)/t14-,18+/m1/s1. The van der Waals surface area contributed by atoms with E-state index < -0.39 is 23.5 Å². The van der Waals surface area contributed by atoms with Crippen molar-refractivity contribution in [2.75, 3.05) is 32.6 Å². The number of unbranched alkanes of at least 4 members (excludes halogenated alkanes) is 1. The molecule has 0 aliphatic rings. The Morgan fingerprint density at radius 3 is 2.32 bits per heavy atom. The van der Waals surface area contributed by atoms with Gasteiger partial charge in [0.25, 0.3) is 0 Å². The van der Waals surface area contributed by atoms with E-state index in [4.69, 9.17) is 5.11 Å². The van der Waals surface area contributed by atoms with Gasteiger partial charge in [-0.05, 0) is 12.8 Å². The minimum Gasteiger partial charge on any atom is -0.469 e. The summed E-state index contributed by atoms with van der Waals surface area (Å²) >= 11 is 1.02. The van der Waals surface area contributed by atoms with Gasteiger partial charge in [0.1, 0.15) is 6.10 Å². The SMILES string of the molecule is COC(=O)CCCC[C@@H](O)CC(=O)SCCNC(=O)CCNC(=O)[C@H](O)C(C)(C)CO. The molecule has 0 radical (unpaired) electrons. The van der Waals surface area contributed by atoms with E-state index in [1.165, 1.54) is 7.11 Å². The molecule has 0 saturated carbocycles. The van der Waals surface area contributed by atoms with Crippen molar-refractivity contribution >= 4 is 34.7 Å². The summed E-state index contributed by atoms with van der Waals surface area (Å²) < 4.78 is 4.53. The molecule has 11 heteroatoms. The molecular weight excluding hydrogens is 428 g/mol. The Balaban J connectivity index is 3.83. The number of thioether (sulfide) groups is 1. The summed E-state index contributed by atoms with van der Waals surface area (Å²) in [5.74, 6) is -0.907. The van der Waals surface area contributed by atoms with Gasteiger partial charge in [-0.1, -0.05) is 32.0 Å². The molecule has 0 heterocycles. The van der Waals surface area contributed by atoms with Crippen LogP contribution in [0.2, 0.25) is 0 Å². The third-order valence-corrected chi connectivity index (χ3v) is 5.43. The van der Waals surface area contributed by atoms with Crippen LogP contribution in [-0.4, -0.2) is 83.0 Å². The van der Waals surface area contributed by atoms with Crippen LogP contribution in [0.3, 0.4) is 0 Å². The Labute approximate surface area is 187 Å². The van der Waals surface area contributed by atoms with E-state index in [1.807, 2.05) is 0 Å². The third-order valence-electron chi connectivity index (χ3n) is 4.53. The van der Waals surface area contributed by atoms with Crippen molar-refractivity contribution in [3.63, 3.8) is 0 Å². The maximum atomic E-state index is 11.8. The number of methoxy groups -OCH3 is 1. The Bertz CT molecular complexity index is 586. The molecule has 0 aromatic rings. The minimum atomic E-state index is -1.38. The van der Waals surface area contributed by atoms with Crippen molar-refractivity contribution in [1.29, 1.82) is 0 Å². The van der Waals surface area contributed by atoms with Gasteiger partial charge in [0.05, 0.1) is 19.8 Å². The fraction of sp³-hybridized carbons (Fsp3) is 0.800. The molecule has 0 aromatic carbocycles. The Morgan fingerprint density at radius 2 is 1.71 bits per heavy atom. The third kappa shape index (κ3) is 14.1. The molecular formula is C20H36N2O8S. The van der Waals surface area contributed by atoms with Crippen LogP contribution in [0.15, 0.2) is 0 Å². The molecule has 0 spiro atoms. The van der Waals surface area contributed by atoms with Gasteiger partial charge in [-0.15, -0.1) is 0 Å². The molecule has 0 bridgehead atoms. The first kappa shape index (κ1) is 29.3. The summed E-state index contributed by atoms with van der Waals surface area (Å²) in [4.78, 5) is 46.4. The second kappa shape index (κ2) is 16.0. The lowest BCUT2D eigenvalue weighted by atomic mass is 9.87. The fourth-order valence-electron chi connectivity index (χ4n) is 2.39. The van der Waals surface area contributed by atoms with Gasteiger partial charge in [0.15, 0.2) is 5.12 Å². The first-order valence-electron chi connectivity index (χ1n) is 10.3. The van der Waals surface area contributed by atoms with Crippen LogP contribution in [0.1, 0.15) is 52.4 Å². The quantitative estimate of drug-likeness (QED) is 0.153. The maximum Gasteiger partial charge on any atom is 0.305 e. The Kier molecular flexibility index (Phi) is 15.1. The van der Waals surface area contributed by atoms with Gasteiger partial charge in [-0.2, -0.15) is 0 Å². The van der Waals surface area contributed by atoms with E-state index >= 15 is 0 Å². The van der Waals surface area contributed by atoms with Crippen molar-refractivity contribution in [3.8, 4) is 0 Å². The van der Waals surface area contributed by atoms with Crippen molar-refractivity contribution < 1.29 is 39.2 Å². The zero-order chi connectivity index (χ0) is 23.9. The highest BCUT2D eigenvalue weighted by molar-refractivity contribution is 8.13. The van der Waals surface area contributed by atoms with Crippen LogP contribution in [0.25, 0.3) is 0 Å². The molecule has 0 rings (SSSR count). The van der Waals surface area contributed by atoms with Gasteiger partial charge in [0.2, 0.25) is 11.8 Å². The van der Waals surface area contributed by atoms with E-state index in [0.29, 0.717) is 25.0 Å². The molecule has 0 aromatic heterocycles. The molecule has 0 unspecified atom stereocenters.